The minimum absolute atomic E-state index is 0. The molecule has 1 unspecified atom stereocenters. The van der Waals surface area contributed by atoms with Gasteiger partial charge in [-0.2, -0.15) is 0 Å². The fourth-order valence-electron chi connectivity index (χ4n) is 2.09. The molecule has 2 N–H and O–H groups in total. The predicted molar refractivity (Wildman–Crippen MR) is 87.6 cm³/mol. The molecule has 2 aromatic carbocycles. The number of ether oxygens (including phenoxy) is 1. The number of hydrogen-bond acceptors (Lipinski definition) is 3. The van der Waals surface area contributed by atoms with Crippen molar-refractivity contribution in [2.75, 3.05) is 6.61 Å². The van der Waals surface area contributed by atoms with Crippen molar-refractivity contribution in [1.82, 2.24) is 0 Å². The second-order valence-electron chi connectivity index (χ2n) is 4.67. The summed E-state index contributed by atoms with van der Waals surface area (Å²) in [6.07, 6.45) is -1.86. The van der Waals surface area contributed by atoms with Crippen molar-refractivity contribution in [1.29, 1.82) is 0 Å². The Kier molecular flexibility index (Phi) is 7.02. The number of esters is 1. The van der Waals surface area contributed by atoms with E-state index in [2.05, 4.69) is 4.74 Å². The highest BCUT2D eigenvalue weighted by atomic mass is 35.5. The molecule has 0 spiro atoms. The number of carbonyl (C=O) groups excluding carboxylic acids is 1. The molecule has 0 saturated carbocycles. The molecule has 118 valence electrons. The van der Waals surface area contributed by atoms with Gasteiger partial charge < -0.3 is 10.5 Å². The van der Waals surface area contributed by atoms with Crippen LogP contribution in [-0.2, 0) is 9.53 Å². The molecule has 0 heterocycles. The van der Waals surface area contributed by atoms with Crippen LogP contribution < -0.4 is 5.73 Å². The van der Waals surface area contributed by atoms with Gasteiger partial charge >= 0.3 is 5.97 Å². The number of nitrogens with two attached hydrogens (primary N) is 1. The number of benzene rings is 2. The van der Waals surface area contributed by atoms with Crippen molar-refractivity contribution in [3.8, 4) is 11.1 Å². The highest BCUT2D eigenvalue weighted by Crippen LogP contribution is 2.25. The summed E-state index contributed by atoms with van der Waals surface area (Å²) in [7, 11) is 0. The van der Waals surface area contributed by atoms with Gasteiger partial charge in [-0.15, -0.1) is 12.4 Å². The van der Waals surface area contributed by atoms with Gasteiger partial charge in [-0.1, -0.05) is 48.5 Å². The van der Waals surface area contributed by atoms with Gasteiger partial charge in [0.2, 0.25) is 6.17 Å². The summed E-state index contributed by atoms with van der Waals surface area (Å²) in [5.41, 5.74) is 8.35. The first-order valence-corrected chi connectivity index (χ1v) is 6.85. The summed E-state index contributed by atoms with van der Waals surface area (Å²) in [5, 5.41) is 0. The molecular formula is C17H19ClFNO2. The summed E-state index contributed by atoms with van der Waals surface area (Å²) in [5.74, 6) is -0.921. The molecule has 0 aliphatic heterocycles. The molecule has 0 radical (unpaired) electrons. The quantitative estimate of drug-likeness (QED) is 0.854. The Morgan fingerprint density at radius 1 is 1.14 bits per heavy atom. The van der Waals surface area contributed by atoms with Gasteiger partial charge in [0.1, 0.15) is 0 Å². The van der Waals surface area contributed by atoms with Gasteiger partial charge in [0.05, 0.1) is 12.6 Å². The largest absolute Gasteiger partial charge is 0.464 e. The maximum atomic E-state index is 14.0. The predicted octanol–water partition coefficient (Wildman–Crippen LogP) is 3.68. The van der Waals surface area contributed by atoms with Crippen LogP contribution in [0.4, 0.5) is 4.39 Å². The van der Waals surface area contributed by atoms with Crippen molar-refractivity contribution < 1.29 is 13.9 Å². The van der Waals surface area contributed by atoms with Crippen LogP contribution in [0.15, 0.2) is 54.6 Å². The molecular weight excluding hydrogens is 305 g/mol. The summed E-state index contributed by atoms with van der Waals surface area (Å²) in [4.78, 5) is 11.4. The first kappa shape index (κ1) is 18.1. The van der Waals surface area contributed by atoms with E-state index in [1.807, 2.05) is 36.4 Å². The second kappa shape index (κ2) is 8.51. The topological polar surface area (TPSA) is 52.3 Å². The normalized spacial score (nSPS) is 12.9. The average molecular weight is 324 g/mol. The average Bonchev–Trinajstić information content (AvgIpc) is 2.54. The summed E-state index contributed by atoms with van der Waals surface area (Å²) in [6, 6.07) is 15.9. The van der Waals surface area contributed by atoms with Gasteiger partial charge in [-0.3, -0.25) is 0 Å². The molecule has 2 rings (SSSR count). The lowest BCUT2D eigenvalue weighted by atomic mass is 9.97. The summed E-state index contributed by atoms with van der Waals surface area (Å²) < 4.78 is 18.7. The van der Waals surface area contributed by atoms with E-state index >= 15 is 0 Å². The zero-order chi connectivity index (χ0) is 15.2. The van der Waals surface area contributed by atoms with Crippen LogP contribution >= 0.6 is 12.4 Å². The standard InChI is InChI=1S/C17H18FNO2.ClH/c1-2-21-17(20)15(18)16(19)14-10-6-9-13(11-14)12-7-4-3-5-8-12;/h3-11,15-16H,2,19H2,1H3;1H/t15?,16-;/m0./s1. The van der Waals surface area contributed by atoms with E-state index < -0.39 is 18.2 Å². The Bertz CT molecular complexity index is 607. The third-order valence-electron chi connectivity index (χ3n) is 3.21. The molecule has 2 atom stereocenters. The third kappa shape index (κ3) is 4.29. The van der Waals surface area contributed by atoms with E-state index in [9.17, 15) is 9.18 Å². The van der Waals surface area contributed by atoms with Gasteiger partial charge in [0, 0.05) is 0 Å². The van der Waals surface area contributed by atoms with Crippen LogP contribution in [0.25, 0.3) is 11.1 Å². The molecule has 22 heavy (non-hydrogen) atoms. The van der Waals surface area contributed by atoms with E-state index in [4.69, 9.17) is 5.73 Å². The van der Waals surface area contributed by atoms with Crippen LogP contribution in [0.3, 0.4) is 0 Å². The van der Waals surface area contributed by atoms with Crippen LogP contribution in [0.2, 0.25) is 0 Å². The van der Waals surface area contributed by atoms with Crippen LogP contribution in [0, 0.1) is 0 Å². The molecule has 3 nitrogen and oxygen atoms in total. The number of halogens is 2. The van der Waals surface area contributed by atoms with Crippen LogP contribution in [-0.4, -0.2) is 18.7 Å². The Balaban J connectivity index is 0.00000242. The molecule has 2 aromatic rings. The van der Waals surface area contributed by atoms with E-state index in [-0.39, 0.29) is 19.0 Å². The van der Waals surface area contributed by atoms with Gasteiger partial charge in [-0.05, 0) is 29.7 Å². The van der Waals surface area contributed by atoms with Crippen LogP contribution in [0.1, 0.15) is 18.5 Å². The second-order valence-corrected chi connectivity index (χ2v) is 4.67. The smallest absolute Gasteiger partial charge is 0.342 e. The van der Waals surface area contributed by atoms with Crippen LogP contribution in [0.5, 0.6) is 0 Å². The van der Waals surface area contributed by atoms with Crippen molar-refractivity contribution in [3.63, 3.8) is 0 Å². The molecule has 0 aliphatic rings. The number of hydrogen-bond donors (Lipinski definition) is 1. The molecule has 5 heteroatoms. The van der Waals surface area contributed by atoms with Gasteiger partial charge in [0.15, 0.2) is 0 Å². The fourth-order valence-corrected chi connectivity index (χ4v) is 2.09. The first-order chi connectivity index (χ1) is 10.1. The monoisotopic (exact) mass is 323 g/mol. The summed E-state index contributed by atoms with van der Waals surface area (Å²) in [6.45, 7) is 1.77. The fraction of sp³-hybridized carbons (Fsp3) is 0.235. The molecule has 0 fully saturated rings. The molecule has 0 aromatic heterocycles. The first-order valence-electron chi connectivity index (χ1n) is 6.85. The van der Waals surface area contributed by atoms with Crippen molar-refractivity contribution in [2.45, 2.75) is 19.1 Å². The van der Waals surface area contributed by atoms with Gasteiger partial charge in [0.25, 0.3) is 0 Å². The lowest BCUT2D eigenvalue weighted by Gasteiger charge is -2.16. The zero-order valence-corrected chi connectivity index (χ0v) is 13.1. The van der Waals surface area contributed by atoms with E-state index in [0.717, 1.165) is 11.1 Å². The minimum atomic E-state index is -1.86. The Morgan fingerprint density at radius 3 is 2.41 bits per heavy atom. The maximum absolute atomic E-state index is 14.0. The Hall–Kier alpha value is -1.91. The molecule has 0 saturated heterocycles. The summed E-state index contributed by atoms with van der Waals surface area (Å²) >= 11 is 0. The third-order valence-corrected chi connectivity index (χ3v) is 3.21. The zero-order valence-electron chi connectivity index (χ0n) is 12.2. The van der Waals surface area contributed by atoms with Gasteiger partial charge in [-0.25, -0.2) is 9.18 Å². The van der Waals surface area contributed by atoms with Crippen molar-refractivity contribution in [2.24, 2.45) is 5.73 Å². The highest BCUT2D eigenvalue weighted by Gasteiger charge is 2.27. The SMILES string of the molecule is CCOC(=O)C(F)[C@@H](N)c1cccc(-c2ccccc2)c1.Cl. The Labute approximate surface area is 135 Å². The minimum Gasteiger partial charge on any atom is -0.464 e. The number of rotatable bonds is 5. The van der Waals surface area contributed by atoms with E-state index in [1.165, 1.54) is 0 Å². The van der Waals surface area contributed by atoms with Crippen molar-refractivity contribution >= 4 is 18.4 Å². The number of alkyl halides is 1. The molecule has 0 bridgehead atoms. The highest BCUT2D eigenvalue weighted by molar-refractivity contribution is 5.85. The molecule has 0 amide bonds. The van der Waals surface area contributed by atoms with Crippen molar-refractivity contribution in [3.05, 3.63) is 60.2 Å². The van der Waals surface area contributed by atoms with E-state index in [0.29, 0.717) is 5.56 Å². The Morgan fingerprint density at radius 2 is 1.77 bits per heavy atom. The lowest BCUT2D eigenvalue weighted by Crippen LogP contribution is -2.31. The number of carbonyl (C=O) groups is 1. The van der Waals surface area contributed by atoms with E-state index in [1.54, 1.807) is 25.1 Å². The maximum Gasteiger partial charge on any atom is 0.342 e. The molecule has 0 aliphatic carbocycles. The lowest BCUT2D eigenvalue weighted by molar-refractivity contribution is -0.149.